The van der Waals surface area contributed by atoms with Crippen LogP contribution in [0.3, 0.4) is 0 Å². The molecule has 162 valence electrons. The van der Waals surface area contributed by atoms with E-state index in [9.17, 15) is 23.2 Å². The van der Waals surface area contributed by atoms with Gasteiger partial charge in [0.25, 0.3) is 5.91 Å². The Morgan fingerprint density at radius 2 is 1.81 bits per heavy atom. The second kappa shape index (κ2) is 9.03. The van der Waals surface area contributed by atoms with Crippen molar-refractivity contribution in [2.24, 2.45) is 16.6 Å². The van der Waals surface area contributed by atoms with Crippen LogP contribution in [0.15, 0.2) is 59.6 Å². The smallest absolute Gasteiger partial charge is 0.269 e. The van der Waals surface area contributed by atoms with E-state index in [2.05, 4.69) is 15.6 Å². The molecular weight excluding hydrogens is 406 g/mol. The minimum Gasteiger partial charge on any atom is -0.370 e. The molecular formula is C22H22F2N4O3. The first-order chi connectivity index (χ1) is 14.6. The molecule has 7 nitrogen and oxygen atoms in total. The summed E-state index contributed by atoms with van der Waals surface area (Å²) < 4.78 is 27.1. The number of hydrogen-bond donors (Lipinski definition) is 3. The number of anilines is 1. The van der Waals surface area contributed by atoms with Gasteiger partial charge in [-0.3, -0.25) is 14.4 Å². The quantitative estimate of drug-likeness (QED) is 0.629. The molecule has 2 aromatic rings. The number of alkyl halides is 2. The number of nitrogens with zero attached hydrogens (tertiary/aromatic N) is 1. The average Bonchev–Trinajstić information content (AvgIpc) is 2.83. The van der Waals surface area contributed by atoms with Crippen molar-refractivity contribution < 1.29 is 23.2 Å². The van der Waals surface area contributed by atoms with E-state index in [1.54, 1.807) is 48.5 Å². The number of aliphatic imine (C=N–C) groups is 1. The summed E-state index contributed by atoms with van der Waals surface area (Å²) >= 11 is 0. The summed E-state index contributed by atoms with van der Waals surface area (Å²) in [5.74, 6) is -7.02. The van der Waals surface area contributed by atoms with Crippen molar-refractivity contribution in [1.29, 1.82) is 0 Å². The molecule has 0 saturated carbocycles. The first kappa shape index (κ1) is 22.1. The largest absolute Gasteiger partial charge is 0.370 e. The molecule has 1 aliphatic rings. The van der Waals surface area contributed by atoms with Gasteiger partial charge in [0.15, 0.2) is 0 Å². The molecule has 0 bridgehead atoms. The molecule has 1 heterocycles. The molecule has 3 amide bonds. The van der Waals surface area contributed by atoms with Crippen LogP contribution in [0, 0.1) is 5.92 Å². The van der Waals surface area contributed by atoms with E-state index in [0.29, 0.717) is 29.4 Å². The lowest BCUT2D eigenvalue weighted by molar-refractivity contribution is -0.134. The summed E-state index contributed by atoms with van der Waals surface area (Å²) in [5.41, 5.74) is 7.43. The second-order valence-electron chi connectivity index (χ2n) is 7.43. The Kier molecular flexibility index (Phi) is 6.43. The number of nitrogens with one attached hydrogen (secondary N) is 2. The van der Waals surface area contributed by atoms with Crippen LogP contribution >= 0.6 is 0 Å². The fourth-order valence-corrected chi connectivity index (χ4v) is 3.37. The van der Waals surface area contributed by atoms with Crippen molar-refractivity contribution in [2.75, 3.05) is 5.32 Å². The van der Waals surface area contributed by atoms with Gasteiger partial charge >= 0.3 is 0 Å². The minimum absolute atomic E-state index is 0.451. The highest BCUT2D eigenvalue weighted by atomic mass is 19.3. The number of nitrogens with two attached hydrogens (primary N) is 1. The van der Waals surface area contributed by atoms with Crippen LogP contribution in [0.1, 0.15) is 30.9 Å². The van der Waals surface area contributed by atoms with Crippen molar-refractivity contribution in [3.05, 3.63) is 65.7 Å². The van der Waals surface area contributed by atoms with Crippen LogP contribution in [-0.2, 0) is 14.4 Å². The van der Waals surface area contributed by atoms with Gasteiger partial charge in [0.2, 0.25) is 23.9 Å². The zero-order chi connectivity index (χ0) is 22.6. The summed E-state index contributed by atoms with van der Waals surface area (Å²) in [6.07, 6.45) is -2.83. The monoisotopic (exact) mass is 428 g/mol. The number of fused-ring (bicyclic) bond motifs is 1. The highest BCUT2D eigenvalue weighted by molar-refractivity contribution is 6.19. The molecule has 4 N–H and O–H groups in total. The van der Waals surface area contributed by atoms with E-state index >= 15 is 0 Å². The van der Waals surface area contributed by atoms with Gasteiger partial charge in [-0.15, -0.1) is 0 Å². The summed E-state index contributed by atoms with van der Waals surface area (Å²) in [6.45, 7) is 0.648. The van der Waals surface area contributed by atoms with Gasteiger partial charge in [0, 0.05) is 24.0 Å². The average molecular weight is 428 g/mol. The first-order valence-corrected chi connectivity index (χ1v) is 9.64. The SMILES string of the molecule is CC(F)(F)CC(CC(N)=O)C(=O)NC1N=C(c2ccccc2)c2ccccc2NC1=O. The predicted molar refractivity (Wildman–Crippen MR) is 112 cm³/mol. The van der Waals surface area contributed by atoms with Crippen LogP contribution in [0.2, 0.25) is 0 Å². The molecule has 9 heteroatoms. The Labute approximate surface area is 177 Å². The molecule has 0 radical (unpaired) electrons. The van der Waals surface area contributed by atoms with Crippen molar-refractivity contribution in [3.8, 4) is 0 Å². The Balaban J connectivity index is 1.95. The Morgan fingerprint density at radius 1 is 1.16 bits per heavy atom. The molecule has 0 spiro atoms. The fraction of sp³-hybridized carbons (Fsp3) is 0.273. The highest BCUT2D eigenvalue weighted by Crippen LogP contribution is 2.26. The first-order valence-electron chi connectivity index (χ1n) is 9.64. The second-order valence-corrected chi connectivity index (χ2v) is 7.43. The van der Waals surface area contributed by atoms with E-state index < -0.39 is 48.6 Å². The van der Waals surface area contributed by atoms with E-state index in [0.717, 1.165) is 0 Å². The lowest BCUT2D eigenvalue weighted by Crippen LogP contribution is -2.46. The standard InChI is InChI=1S/C22H22F2N4O3/c1-22(23,24)12-14(11-17(25)29)20(30)28-19-21(31)26-16-10-6-5-9-15(16)18(27-19)13-7-3-2-4-8-13/h2-10,14,19H,11-12H2,1H3,(H2,25,29)(H,26,31)(H,28,30). The Hall–Kier alpha value is -3.62. The molecule has 0 aromatic heterocycles. The van der Waals surface area contributed by atoms with Gasteiger partial charge in [-0.25, -0.2) is 13.8 Å². The fourth-order valence-electron chi connectivity index (χ4n) is 3.37. The van der Waals surface area contributed by atoms with Crippen molar-refractivity contribution >= 4 is 29.1 Å². The van der Waals surface area contributed by atoms with Gasteiger partial charge in [0.1, 0.15) is 0 Å². The summed E-state index contributed by atoms with van der Waals surface area (Å²) in [6, 6.07) is 16.1. The molecule has 0 aliphatic carbocycles. The van der Waals surface area contributed by atoms with Gasteiger partial charge in [0.05, 0.1) is 17.3 Å². The van der Waals surface area contributed by atoms with Crippen LogP contribution in [0.5, 0.6) is 0 Å². The van der Waals surface area contributed by atoms with E-state index in [1.807, 2.05) is 6.07 Å². The number of benzodiazepines with no additional fused rings is 1. The topological polar surface area (TPSA) is 114 Å². The van der Waals surface area contributed by atoms with Gasteiger partial charge < -0.3 is 16.4 Å². The van der Waals surface area contributed by atoms with Crippen molar-refractivity contribution in [2.45, 2.75) is 31.9 Å². The summed E-state index contributed by atoms with van der Waals surface area (Å²) in [7, 11) is 0. The van der Waals surface area contributed by atoms with Crippen LogP contribution < -0.4 is 16.4 Å². The molecule has 2 atom stereocenters. The maximum atomic E-state index is 13.5. The van der Waals surface area contributed by atoms with Crippen molar-refractivity contribution in [1.82, 2.24) is 5.32 Å². The van der Waals surface area contributed by atoms with Gasteiger partial charge in [-0.1, -0.05) is 48.5 Å². The Morgan fingerprint density at radius 3 is 2.45 bits per heavy atom. The predicted octanol–water partition coefficient (Wildman–Crippen LogP) is 2.46. The number of hydrogen-bond acceptors (Lipinski definition) is 4. The maximum Gasteiger partial charge on any atom is 0.269 e. The third-order valence-electron chi connectivity index (χ3n) is 4.70. The number of rotatable bonds is 7. The number of carbonyl (C=O) groups is 3. The molecule has 31 heavy (non-hydrogen) atoms. The minimum atomic E-state index is -3.20. The van der Waals surface area contributed by atoms with E-state index in [4.69, 9.17) is 5.73 Å². The van der Waals surface area contributed by atoms with Crippen LogP contribution in [0.25, 0.3) is 0 Å². The van der Waals surface area contributed by atoms with E-state index in [1.165, 1.54) is 0 Å². The van der Waals surface area contributed by atoms with Crippen molar-refractivity contribution in [3.63, 3.8) is 0 Å². The van der Waals surface area contributed by atoms with E-state index in [-0.39, 0.29) is 0 Å². The van der Waals surface area contributed by atoms with Crippen LogP contribution in [-0.4, -0.2) is 35.5 Å². The molecule has 1 aliphatic heterocycles. The molecule has 0 saturated heterocycles. The molecule has 2 aromatic carbocycles. The number of para-hydroxylation sites is 1. The zero-order valence-corrected chi connectivity index (χ0v) is 16.8. The zero-order valence-electron chi connectivity index (χ0n) is 16.8. The van der Waals surface area contributed by atoms with Gasteiger partial charge in [-0.2, -0.15) is 0 Å². The summed E-state index contributed by atoms with van der Waals surface area (Å²) in [4.78, 5) is 41.2. The number of carbonyl (C=O) groups excluding carboxylic acids is 3. The number of benzene rings is 2. The number of amides is 3. The third-order valence-corrected chi connectivity index (χ3v) is 4.70. The normalized spacial score (nSPS) is 16.9. The Bertz CT molecular complexity index is 1020. The third kappa shape index (κ3) is 5.71. The number of primary amides is 1. The lowest BCUT2D eigenvalue weighted by Gasteiger charge is -2.21. The molecule has 3 rings (SSSR count). The summed E-state index contributed by atoms with van der Waals surface area (Å²) in [5, 5.41) is 5.09. The number of halogens is 2. The highest BCUT2D eigenvalue weighted by Gasteiger charge is 2.35. The molecule has 0 fully saturated rings. The molecule has 2 unspecified atom stereocenters. The van der Waals surface area contributed by atoms with Crippen LogP contribution in [0.4, 0.5) is 14.5 Å². The maximum absolute atomic E-state index is 13.5. The lowest BCUT2D eigenvalue weighted by atomic mass is 9.96. The van der Waals surface area contributed by atoms with Gasteiger partial charge in [-0.05, 0) is 13.0 Å².